The van der Waals surface area contributed by atoms with Crippen molar-refractivity contribution in [1.29, 1.82) is 0 Å². The fraction of sp³-hybridized carbons (Fsp3) is 0.333. The van der Waals surface area contributed by atoms with Crippen molar-refractivity contribution >= 4 is 16.2 Å². The largest absolute Gasteiger partial charge is 0.461 e. The van der Waals surface area contributed by atoms with Crippen molar-refractivity contribution in [2.24, 2.45) is 0 Å². The molecule has 0 spiro atoms. The molecule has 0 N–H and O–H groups in total. The highest BCUT2D eigenvalue weighted by molar-refractivity contribution is 7.89. The van der Waals surface area contributed by atoms with Crippen molar-refractivity contribution in [1.82, 2.24) is 0 Å². The molecule has 4 nitrogen and oxygen atoms in total. The van der Waals surface area contributed by atoms with Crippen LogP contribution in [0.3, 0.4) is 0 Å². The predicted octanol–water partition coefficient (Wildman–Crippen LogP) is 3.26. The predicted molar refractivity (Wildman–Crippen MR) is 67.6 cm³/mol. The van der Waals surface area contributed by atoms with E-state index in [1.165, 1.54) is 25.1 Å². The molecule has 0 heterocycles. The second-order valence-electron chi connectivity index (χ2n) is 3.74. The first-order chi connectivity index (χ1) is 9.66. The summed E-state index contributed by atoms with van der Waals surface area (Å²) in [4.78, 5) is 0. The fourth-order valence-corrected chi connectivity index (χ4v) is 1.95. The van der Waals surface area contributed by atoms with Gasteiger partial charge in [-0.1, -0.05) is 12.1 Å². The zero-order valence-electron chi connectivity index (χ0n) is 10.8. The van der Waals surface area contributed by atoms with Crippen LogP contribution in [0.5, 0.6) is 5.75 Å². The molecule has 0 saturated carbocycles. The average molecular weight is 328 g/mol. The van der Waals surface area contributed by atoms with Crippen molar-refractivity contribution in [3.8, 4) is 5.75 Å². The number of hydrogen-bond acceptors (Lipinski definition) is 4. The molecule has 9 heteroatoms. The number of hydrogen-bond donors (Lipinski definition) is 0. The van der Waals surface area contributed by atoms with Gasteiger partial charge in [-0.2, -0.15) is 26.0 Å². The highest BCUT2D eigenvalue weighted by Crippen LogP contribution is 2.27. The summed E-state index contributed by atoms with van der Waals surface area (Å²) < 4.78 is 79.9. The fourth-order valence-electron chi connectivity index (χ4n) is 1.21. The van der Waals surface area contributed by atoms with Crippen LogP contribution >= 0.6 is 0 Å². The Labute approximate surface area is 119 Å². The Morgan fingerprint density at radius 2 is 1.81 bits per heavy atom. The maximum atomic E-state index is 12.6. The lowest BCUT2D eigenvalue weighted by atomic mass is 10.2. The van der Waals surface area contributed by atoms with E-state index in [0.29, 0.717) is 5.56 Å². The summed E-state index contributed by atoms with van der Waals surface area (Å²) in [5, 5.41) is 0.792. The quantitative estimate of drug-likeness (QED) is 0.569. The van der Waals surface area contributed by atoms with Gasteiger partial charge in [-0.25, -0.2) is 0 Å². The maximum Gasteiger partial charge on any atom is 0.461 e. The van der Waals surface area contributed by atoms with E-state index in [4.69, 9.17) is 0 Å². The molecule has 1 rings (SSSR count). The zero-order valence-corrected chi connectivity index (χ0v) is 11.6. The minimum atomic E-state index is -4.59. The molecule has 0 aliphatic carbocycles. The van der Waals surface area contributed by atoms with Crippen LogP contribution < -0.4 is 4.74 Å². The highest BCUT2D eigenvalue weighted by Gasteiger charge is 2.43. The molecule has 0 aliphatic heterocycles. The standard InChI is InChI=1S/C12H12F4O4S/c1-2-19-21(17,18)8-7-9-3-5-10(6-4-9)20-12(15,16)11(13)14/h3-8,11H,2H2,1H3/b8-7+. The van der Waals surface area contributed by atoms with Gasteiger partial charge in [-0.15, -0.1) is 0 Å². The van der Waals surface area contributed by atoms with E-state index in [1.54, 1.807) is 0 Å². The van der Waals surface area contributed by atoms with Crippen molar-refractivity contribution in [3.05, 3.63) is 35.2 Å². The summed E-state index contributed by atoms with van der Waals surface area (Å²) in [5.41, 5.74) is 0.339. The number of benzene rings is 1. The number of ether oxygens (including phenoxy) is 1. The van der Waals surface area contributed by atoms with Gasteiger partial charge in [0.25, 0.3) is 10.1 Å². The third kappa shape index (κ3) is 5.72. The molecule has 0 saturated heterocycles. The molecule has 0 aliphatic rings. The minimum absolute atomic E-state index is 0.0256. The van der Waals surface area contributed by atoms with E-state index in [9.17, 15) is 26.0 Å². The molecule has 0 fully saturated rings. The lowest BCUT2D eigenvalue weighted by Gasteiger charge is -2.16. The summed E-state index contributed by atoms with van der Waals surface area (Å²) >= 11 is 0. The Morgan fingerprint density at radius 1 is 1.24 bits per heavy atom. The van der Waals surface area contributed by atoms with Gasteiger partial charge in [-0.05, 0) is 30.7 Å². The van der Waals surface area contributed by atoms with Crippen molar-refractivity contribution < 1.29 is 34.9 Å². The SMILES string of the molecule is CCOS(=O)(=O)/C=C/c1ccc(OC(F)(F)C(F)F)cc1. The van der Waals surface area contributed by atoms with E-state index < -0.39 is 28.4 Å². The van der Waals surface area contributed by atoms with E-state index in [-0.39, 0.29) is 6.61 Å². The molecular weight excluding hydrogens is 316 g/mol. The third-order valence-corrected chi connectivity index (χ3v) is 3.13. The molecule has 0 atom stereocenters. The first-order valence-corrected chi connectivity index (χ1v) is 7.16. The number of alkyl halides is 4. The summed E-state index contributed by atoms with van der Waals surface area (Å²) in [6.45, 7) is 1.48. The number of rotatable bonds is 7. The van der Waals surface area contributed by atoms with Gasteiger partial charge in [0.05, 0.1) is 12.0 Å². The zero-order chi connectivity index (χ0) is 16.1. The monoisotopic (exact) mass is 328 g/mol. The third-order valence-electron chi connectivity index (χ3n) is 2.10. The molecule has 0 amide bonds. The van der Waals surface area contributed by atoms with E-state index in [1.807, 2.05) is 0 Å². The lowest BCUT2D eigenvalue weighted by Crippen LogP contribution is -2.33. The van der Waals surface area contributed by atoms with Crippen LogP contribution in [0.25, 0.3) is 6.08 Å². The minimum Gasteiger partial charge on any atom is -0.428 e. The van der Waals surface area contributed by atoms with Gasteiger partial charge < -0.3 is 4.74 Å². The lowest BCUT2D eigenvalue weighted by molar-refractivity contribution is -0.253. The maximum absolute atomic E-state index is 12.6. The molecule has 0 radical (unpaired) electrons. The second-order valence-corrected chi connectivity index (χ2v) is 5.23. The van der Waals surface area contributed by atoms with E-state index in [0.717, 1.165) is 17.5 Å². The Balaban J connectivity index is 2.78. The normalized spacial score (nSPS) is 13.0. The Morgan fingerprint density at radius 3 is 2.29 bits per heavy atom. The molecule has 118 valence electrons. The van der Waals surface area contributed by atoms with Gasteiger partial charge in [-0.3, -0.25) is 4.18 Å². The van der Waals surface area contributed by atoms with Crippen LogP contribution in [0.15, 0.2) is 29.7 Å². The van der Waals surface area contributed by atoms with Crippen molar-refractivity contribution in [2.75, 3.05) is 6.61 Å². The van der Waals surface area contributed by atoms with E-state index >= 15 is 0 Å². The molecule has 1 aromatic carbocycles. The van der Waals surface area contributed by atoms with Gasteiger partial charge >= 0.3 is 12.5 Å². The summed E-state index contributed by atoms with van der Waals surface area (Å²) in [6.07, 6.45) is -7.37. The van der Waals surface area contributed by atoms with Crippen molar-refractivity contribution in [2.45, 2.75) is 19.5 Å². The summed E-state index contributed by atoms with van der Waals surface area (Å²) in [7, 11) is -3.81. The molecular formula is C12H12F4O4S. The molecule has 0 bridgehead atoms. The van der Waals surface area contributed by atoms with Crippen LogP contribution in [0.2, 0.25) is 0 Å². The molecule has 0 aromatic heterocycles. The first kappa shape index (κ1) is 17.4. The summed E-state index contributed by atoms with van der Waals surface area (Å²) in [5.74, 6) is -0.467. The Bertz CT molecular complexity index is 582. The van der Waals surface area contributed by atoms with Crippen LogP contribution in [0, 0.1) is 0 Å². The van der Waals surface area contributed by atoms with Crippen LogP contribution in [0.4, 0.5) is 17.6 Å². The van der Waals surface area contributed by atoms with Gasteiger partial charge in [0.1, 0.15) is 5.75 Å². The van der Waals surface area contributed by atoms with Crippen LogP contribution in [-0.2, 0) is 14.3 Å². The topological polar surface area (TPSA) is 52.6 Å². The van der Waals surface area contributed by atoms with Gasteiger partial charge in [0, 0.05) is 0 Å². The van der Waals surface area contributed by atoms with Gasteiger partial charge in [0.2, 0.25) is 0 Å². The number of halogens is 4. The second kappa shape index (κ2) is 6.90. The van der Waals surface area contributed by atoms with E-state index in [2.05, 4.69) is 8.92 Å². The Hall–Kier alpha value is -1.61. The molecule has 0 unspecified atom stereocenters. The van der Waals surface area contributed by atoms with Gasteiger partial charge in [0.15, 0.2) is 0 Å². The molecule has 1 aromatic rings. The smallest absolute Gasteiger partial charge is 0.428 e. The van der Waals surface area contributed by atoms with Crippen LogP contribution in [-0.4, -0.2) is 27.6 Å². The molecule has 21 heavy (non-hydrogen) atoms. The Kier molecular flexibility index (Phi) is 5.73. The summed E-state index contributed by atoms with van der Waals surface area (Å²) in [6, 6.07) is 4.50. The van der Waals surface area contributed by atoms with Crippen molar-refractivity contribution in [3.63, 3.8) is 0 Å². The first-order valence-electron chi connectivity index (χ1n) is 5.69. The van der Waals surface area contributed by atoms with Crippen LogP contribution in [0.1, 0.15) is 12.5 Å². The highest BCUT2D eigenvalue weighted by atomic mass is 32.2. The average Bonchev–Trinajstić information content (AvgIpc) is 2.37.